The quantitative estimate of drug-likeness (QED) is 0.847. The number of hydrogen-bond acceptors (Lipinski definition) is 4. The first-order valence-corrected chi connectivity index (χ1v) is 5.47. The summed E-state index contributed by atoms with van der Waals surface area (Å²) in [6, 6.07) is 5.85. The van der Waals surface area contributed by atoms with Crippen LogP contribution in [0, 0.1) is 0 Å². The predicted molar refractivity (Wildman–Crippen MR) is 64.4 cm³/mol. The first-order valence-electron chi connectivity index (χ1n) is 5.47. The number of aromatic nitrogens is 1. The molecule has 0 fully saturated rings. The highest BCUT2D eigenvalue weighted by Crippen LogP contribution is 2.14. The highest BCUT2D eigenvalue weighted by Gasteiger charge is 2.06. The van der Waals surface area contributed by atoms with Gasteiger partial charge in [-0.1, -0.05) is 6.07 Å². The summed E-state index contributed by atoms with van der Waals surface area (Å²) in [7, 11) is 1.75. The zero-order chi connectivity index (χ0) is 12.3. The molecular formula is C12H15N3O2. The summed E-state index contributed by atoms with van der Waals surface area (Å²) < 4.78 is 5.22. The SMILES string of the molecule is CN(CCc1ccc2ncoc2c1)C(=O)CN. The Labute approximate surface area is 99.2 Å². The van der Waals surface area contributed by atoms with E-state index in [-0.39, 0.29) is 12.5 Å². The second kappa shape index (κ2) is 4.97. The number of hydrogen-bond donors (Lipinski definition) is 1. The van der Waals surface area contributed by atoms with Crippen LogP contribution >= 0.6 is 0 Å². The molecule has 90 valence electrons. The van der Waals surface area contributed by atoms with Crippen molar-refractivity contribution in [1.82, 2.24) is 9.88 Å². The van der Waals surface area contributed by atoms with E-state index in [0.29, 0.717) is 6.54 Å². The number of rotatable bonds is 4. The van der Waals surface area contributed by atoms with Crippen LogP contribution in [0.5, 0.6) is 0 Å². The third kappa shape index (κ3) is 2.62. The lowest BCUT2D eigenvalue weighted by Crippen LogP contribution is -2.34. The molecule has 0 saturated heterocycles. The van der Waals surface area contributed by atoms with Crippen molar-refractivity contribution in [2.24, 2.45) is 5.73 Å². The maximum absolute atomic E-state index is 11.3. The molecule has 0 radical (unpaired) electrons. The van der Waals surface area contributed by atoms with Gasteiger partial charge in [0.15, 0.2) is 12.0 Å². The Hall–Kier alpha value is -1.88. The Morgan fingerprint density at radius 1 is 1.53 bits per heavy atom. The number of benzene rings is 1. The molecular weight excluding hydrogens is 218 g/mol. The summed E-state index contributed by atoms with van der Waals surface area (Å²) in [4.78, 5) is 17.0. The summed E-state index contributed by atoms with van der Waals surface area (Å²) in [5.74, 6) is -0.0502. The largest absolute Gasteiger partial charge is 0.443 e. The molecule has 2 aromatic rings. The van der Waals surface area contributed by atoms with E-state index in [1.807, 2.05) is 18.2 Å². The monoisotopic (exact) mass is 233 g/mol. The smallest absolute Gasteiger partial charge is 0.236 e. The predicted octanol–water partition coefficient (Wildman–Crippen LogP) is 0.787. The highest BCUT2D eigenvalue weighted by molar-refractivity contribution is 5.77. The van der Waals surface area contributed by atoms with E-state index in [2.05, 4.69) is 4.98 Å². The van der Waals surface area contributed by atoms with Gasteiger partial charge in [0.05, 0.1) is 6.54 Å². The van der Waals surface area contributed by atoms with E-state index in [1.165, 1.54) is 6.39 Å². The molecule has 2 rings (SSSR count). The molecule has 0 unspecified atom stereocenters. The molecule has 0 aliphatic heterocycles. The summed E-state index contributed by atoms with van der Waals surface area (Å²) >= 11 is 0. The van der Waals surface area contributed by atoms with E-state index < -0.39 is 0 Å². The van der Waals surface area contributed by atoms with E-state index in [1.54, 1.807) is 11.9 Å². The highest BCUT2D eigenvalue weighted by atomic mass is 16.3. The Kier molecular flexibility index (Phi) is 3.39. The number of nitrogens with two attached hydrogens (primary N) is 1. The lowest BCUT2D eigenvalue weighted by molar-refractivity contribution is -0.128. The molecule has 0 aliphatic rings. The first kappa shape index (κ1) is 11.6. The van der Waals surface area contributed by atoms with Crippen LogP contribution in [-0.4, -0.2) is 35.9 Å². The number of amides is 1. The van der Waals surface area contributed by atoms with Gasteiger partial charge in [0.1, 0.15) is 5.52 Å². The second-order valence-electron chi connectivity index (χ2n) is 3.92. The van der Waals surface area contributed by atoms with Gasteiger partial charge in [-0.25, -0.2) is 4.98 Å². The standard InChI is InChI=1S/C12H15N3O2/c1-15(12(16)7-13)5-4-9-2-3-10-11(6-9)17-8-14-10/h2-3,6,8H,4-5,7,13H2,1H3. The Balaban J connectivity index is 2.01. The minimum absolute atomic E-state index is 0.0502. The number of fused-ring (bicyclic) bond motifs is 1. The van der Waals surface area contributed by atoms with Gasteiger partial charge in [-0.2, -0.15) is 0 Å². The van der Waals surface area contributed by atoms with E-state index in [4.69, 9.17) is 10.2 Å². The van der Waals surface area contributed by atoms with Crippen molar-refractivity contribution in [3.8, 4) is 0 Å². The summed E-state index contributed by atoms with van der Waals surface area (Å²) in [6.45, 7) is 0.702. The number of nitrogens with zero attached hydrogens (tertiary/aromatic N) is 2. The third-order valence-electron chi connectivity index (χ3n) is 2.73. The molecule has 1 aromatic carbocycles. The van der Waals surface area contributed by atoms with Crippen LogP contribution in [0.25, 0.3) is 11.1 Å². The maximum atomic E-state index is 11.3. The minimum atomic E-state index is -0.0502. The van der Waals surface area contributed by atoms with Gasteiger partial charge in [0.2, 0.25) is 5.91 Å². The zero-order valence-corrected chi connectivity index (χ0v) is 9.72. The van der Waals surface area contributed by atoms with Crippen molar-refractivity contribution in [2.45, 2.75) is 6.42 Å². The molecule has 5 heteroatoms. The molecule has 2 N–H and O–H groups in total. The number of carbonyl (C=O) groups is 1. The van der Waals surface area contributed by atoms with Crippen molar-refractivity contribution in [3.63, 3.8) is 0 Å². The average Bonchev–Trinajstić information content (AvgIpc) is 2.82. The van der Waals surface area contributed by atoms with Crippen LogP contribution < -0.4 is 5.73 Å². The van der Waals surface area contributed by atoms with Crippen LogP contribution in [0.3, 0.4) is 0 Å². The molecule has 0 atom stereocenters. The van der Waals surface area contributed by atoms with Gasteiger partial charge < -0.3 is 15.1 Å². The molecule has 1 amide bonds. The second-order valence-corrected chi connectivity index (χ2v) is 3.92. The number of carbonyl (C=O) groups excluding carboxylic acids is 1. The Morgan fingerprint density at radius 2 is 2.35 bits per heavy atom. The van der Waals surface area contributed by atoms with Crippen molar-refractivity contribution >= 4 is 17.0 Å². The van der Waals surface area contributed by atoms with Gasteiger partial charge in [-0.3, -0.25) is 4.79 Å². The zero-order valence-electron chi connectivity index (χ0n) is 9.72. The molecule has 17 heavy (non-hydrogen) atoms. The summed E-state index contributed by atoms with van der Waals surface area (Å²) in [5, 5.41) is 0. The van der Waals surface area contributed by atoms with Gasteiger partial charge in [0, 0.05) is 13.6 Å². The number of likely N-dealkylation sites (N-methyl/N-ethyl adjacent to an activating group) is 1. The van der Waals surface area contributed by atoms with Crippen LogP contribution in [-0.2, 0) is 11.2 Å². The maximum Gasteiger partial charge on any atom is 0.236 e. The van der Waals surface area contributed by atoms with Crippen molar-refractivity contribution in [1.29, 1.82) is 0 Å². The molecule has 5 nitrogen and oxygen atoms in total. The number of oxazole rings is 1. The van der Waals surface area contributed by atoms with Crippen molar-refractivity contribution in [3.05, 3.63) is 30.2 Å². The normalized spacial score (nSPS) is 10.7. The van der Waals surface area contributed by atoms with Gasteiger partial charge >= 0.3 is 0 Å². The minimum Gasteiger partial charge on any atom is -0.443 e. The fourth-order valence-electron chi connectivity index (χ4n) is 1.63. The fraction of sp³-hybridized carbons (Fsp3) is 0.333. The third-order valence-corrected chi connectivity index (χ3v) is 2.73. The first-order chi connectivity index (χ1) is 8.20. The van der Waals surface area contributed by atoms with Crippen molar-refractivity contribution < 1.29 is 9.21 Å². The molecule has 0 bridgehead atoms. The Morgan fingerprint density at radius 3 is 3.12 bits per heavy atom. The molecule has 0 aliphatic carbocycles. The van der Waals surface area contributed by atoms with E-state index in [0.717, 1.165) is 23.1 Å². The van der Waals surface area contributed by atoms with Crippen LogP contribution in [0.4, 0.5) is 0 Å². The topological polar surface area (TPSA) is 72.4 Å². The van der Waals surface area contributed by atoms with E-state index in [9.17, 15) is 4.79 Å². The van der Waals surface area contributed by atoms with Crippen LogP contribution in [0.15, 0.2) is 29.0 Å². The average molecular weight is 233 g/mol. The summed E-state index contributed by atoms with van der Waals surface area (Å²) in [5.41, 5.74) is 8.03. The van der Waals surface area contributed by atoms with Crippen LogP contribution in [0.1, 0.15) is 5.56 Å². The molecule has 1 aromatic heterocycles. The van der Waals surface area contributed by atoms with Gasteiger partial charge in [-0.15, -0.1) is 0 Å². The lowest BCUT2D eigenvalue weighted by Gasteiger charge is -2.15. The van der Waals surface area contributed by atoms with Crippen molar-refractivity contribution in [2.75, 3.05) is 20.1 Å². The fourth-order valence-corrected chi connectivity index (χ4v) is 1.63. The van der Waals surface area contributed by atoms with Gasteiger partial charge in [-0.05, 0) is 24.1 Å². The molecule has 1 heterocycles. The Bertz CT molecular complexity index is 521. The van der Waals surface area contributed by atoms with E-state index >= 15 is 0 Å². The molecule has 0 saturated carbocycles. The molecule has 0 spiro atoms. The lowest BCUT2D eigenvalue weighted by atomic mass is 10.1. The summed E-state index contributed by atoms with van der Waals surface area (Å²) in [6.07, 6.45) is 2.21. The van der Waals surface area contributed by atoms with Crippen LogP contribution in [0.2, 0.25) is 0 Å². The van der Waals surface area contributed by atoms with Gasteiger partial charge in [0.25, 0.3) is 0 Å².